The summed E-state index contributed by atoms with van der Waals surface area (Å²) in [5, 5.41) is 22.7. The van der Waals surface area contributed by atoms with Crippen LogP contribution >= 0.6 is 7.60 Å². The van der Waals surface area contributed by atoms with E-state index in [9.17, 15) is 18.9 Å². The van der Waals surface area contributed by atoms with Crippen LogP contribution in [-0.4, -0.2) is 166 Å². The molecule has 0 saturated carbocycles. The fraction of sp³-hybridized carbons (Fsp3) is 0.571. The predicted octanol–water partition coefficient (Wildman–Crippen LogP) is -2.20. The minimum absolute atomic E-state index is 0. The quantitative estimate of drug-likeness (QED) is 0.249. The van der Waals surface area contributed by atoms with Gasteiger partial charge in [0.2, 0.25) is 0 Å². The van der Waals surface area contributed by atoms with Crippen molar-refractivity contribution < 1.29 is 44.1 Å². The van der Waals surface area contributed by atoms with Gasteiger partial charge in [0.1, 0.15) is 0 Å². The molecule has 0 aliphatic carbocycles. The van der Waals surface area contributed by atoms with Crippen molar-refractivity contribution in [1.82, 2.24) is 0 Å². The van der Waals surface area contributed by atoms with E-state index in [1.165, 1.54) is 0 Å². The Morgan fingerprint density at radius 2 is 1.24 bits per heavy atom. The van der Waals surface area contributed by atoms with Gasteiger partial charge in [-0.3, -0.25) is 18.9 Å². The average Bonchev–Trinajstić information content (AvgIpc) is 2.08. The van der Waals surface area contributed by atoms with Gasteiger partial charge in [0.15, 0.2) is 5.16 Å². The van der Waals surface area contributed by atoms with Crippen molar-refractivity contribution in [1.29, 1.82) is 0 Å². The Balaban J connectivity index is -0.000000213. The molecule has 1 unspecified atom stereocenters. The Labute approximate surface area is 209 Å². The molecule has 102 valence electrons. The summed E-state index contributed by atoms with van der Waals surface area (Å²) < 4.78 is 11.1. The Bertz CT molecular complexity index is 398. The molecule has 0 rings (SSSR count). The molecule has 0 fully saturated rings. The molecule has 5 N–H and O–H groups in total. The maximum Gasteiger partial charge on any atom is 0.343 e. The van der Waals surface area contributed by atoms with E-state index in [-0.39, 0.29) is 118 Å². The summed E-state index contributed by atoms with van der Waals surface area (Å²) in [7, 11) is -5.32. The van der Waals surface area contributed by atoms with Crippen LogP contribution in [0, 0.1) is 0 Å². The predicted molar refractivity (Wildman–Crippen MR) is 74.5 cm³/mol. The van der Waals surface area contributed by atoms with Crippen LogP contribution in [0.2, 0.25) is 0 Å². The molecule has 14 heteroatoms. The van der Waals surface area contributed by atoms with Gasteiger partial charge in [-0.2, -0.15) is 0 Å². The number of aliphatic carboxylic acids is 3. The van der Waals surface area contributed by atoms with E-state index in [1.807, 2.05) is 0 Å². The van der Waals surface area contributed by atoms with E-state index in [2.05, 4.69) is 0 Å². The number of carboxylic acid groups (broad SMARTS) is 3. The topological polar surface area (TPSA) is 169 Å². The van der Waals surface area contributed by atoms with Gasteiger partial charge in [0.05, 0.1) is 6.42 Å². The van der Waals surface area contributed by atoms with Crippen molar-refractivity contribution in [3.05, 3.63) is 0 Å². The maximum atomic E-state index is 11.1. The molecule has 0 aromatic rings. The van der Waals surface area contributed by atoms with Crippen LogP contribution < -0.4 is 0 Å². The molecule has 0 heterocycles. The van der Waals surface area contributed by atoms with E-state index < -0.39 is 49.9 Å². The number of hydrogen-bond acceptors (Lipinski definition) is 4. The first kappa shape index (κ1) is 34.8. The number of carbonyl (C=O) groups is 3. The van der Waals surface area contributed by atoms with Crippen molar-refractivity contribution in [3.8, 4) is 0 Å². The third kappa shape index (κ3) is 11.7. The van der Waals surface area contributed by atoms with Crippen LogP contribution in [0.25, 0.3) is 0 Å². The maximum absolute atomic E-state index is 11.1. The molecule has 1 atom stereocenters. The van der Waals surface area contributed by atoms with Gasteiger partial charge in [0, 0.05) is 125 Å². The summed E-state index contributed by atoms with van der Waals surface area (Å²) in [6.45, 7) is 0. The molecule has 0 bridgehead atoms. The second-order valence-electron chi connectivity index (χ2n) is 3.35. The van der Waals surface area contributed by atoms with E-state index in [0.717, 1.165) is 0 Å². The normalized spacial score (nSPS) is 12.1. The number of carboxylic acids is 3. The molecule has 0 aliphatic rings. The third-order valence-corrected chi connectivity index (χ3v) is 3.84. The van der Waals surface area contributed by atoms with Gasteiger partial charge in [0.25, 0.3) is 0 Å². The van der Waals surface area contributed by atoms with Gasteiger partial charge in [-0.05, 0) is 6.42 Å². The second-order valence-corrected chi connectivity index (χ2v) is 5.29. The first-order valence-electron chi connectivity index (χ1n) is 4.25. The van der Waals surface area contributed by atoms with E-state index in [0.29, 0.717) is 0 Å². The minimum Gasteiger partial charge on any atom is -0.481 e. The minimum atomic E-state index is -5.32. The van der Waals surface area contributed by atoms with Crippen molar-refractivity contribution in [2.24, 2.45) is 0 Å². The van der Waals surface area contributed by atoms with Gasteiger partial charge in [-0.1, -0.05) is 0 Å². The average molecular weight is 362 g/mol. The van der Waals surface area contributed by atoms with E-state index in [1.54, 1.807) is 0 Å². The van der Waals surface area contributed by atoms with Crippen LogP contribution in [0.3, 0.4) is 0 Å². The van der Waals surface area contributed by atoms with Crippen molar-refractivity contribution in [2.75, 3.05) is 0 Å². The molecular weight excluding hydrogens is 351 g/mol. The second kappa shape index (κ2) is 14.9. The summed E-state index contributed by atoms with van der Waals surface area (Å²) in [5.74, 6) is -5.25. The molecule has 4 radical (unpaired) electrons. The molecular formula is C7H11Na4O9P. The van der Waals surface area contributed by atoms with Crippen molar-refractivity contribution >= 4 is 144 Å². The standard InChI is InChI=1S/C7H11O9P.4Na/c8-4(9)1-2-7(6(12)13,3-5(10)11)17(14,15)16;;;;/h1-3H2,(H,8,9)(H,10,11)(H,12,13)(H2,14,15,16);;;;. The smallest absolute Gasteiger partial charge is 0.343 e. The molecule has 0 spiro atoms. The zero-order valence-electron chi connectivity index (χ0n) is 12.4. The largest absolute Gasteiger partial charge is 0.481 e. The number of hydrogen-bond donors (Lipinski definition) is 5. The summed E-state index contributed by atoms with van der Waals surface area (Å²) in [6, 6.07) is 0. The molecule has 0 aromatic heterocycles. The van der Waals surface area contributed by atoms with Gasteiger partial charge < -0.3 is 25.1 Å². The van der Waals surface area contributed by atoms with Gasteiger partial charge in [-0.25, -0.2) is 0 Å². The monoisotopic (exact) mass is 362 g/mol. The van der Waals surface area contributed by atoms with Crippen LogP contribution in [-0.2, 0) is 18.9 Å². The summed E-state index contributed by atoms with van der Waals surface area (Å²) in [4.78, 5) is 49.5. The fourth-order valence-corrected chi connectivity index (χ4v) is 2.20. The van der Waals surface area contributed by atoms with E-state index >= 15 is 0 Å². The van der Waals surface area contributed by atoms with Crippen LogP contribution in [0.4, 0.5) is 0 Å². The zero-order valence-corrected chi connectivity index (χ0v) is 21.3. The van der Waals surface area contributed by atoms with Crippen LogP contribution in [0.5, 0.6) is 0 Å². The molecule has 21 heavy (non-hydrogen) atoms. The first-order chi connectivity index (χ1) is 7.53. The van der Waals surface area contributed by atoms with Crippen molar-refractivity contribution in [2.45, 2.75) is 24.4 Å². The molecule has 0 saturated heterocycles. The van der Waals surface area contributed by atoms with E-state index in [4.69, 9.17) is 25.1 Å². The summed E-state index contributed by atoms with van der Waals surface area (Å²) in [6.07, 6.45) is -3.17. The molecule has 0 amide bonds. The number of rotatable bonds is 7. The summed E-state index contributed by atoms with van der Waals surface area (Å²) >= 11 is 0. The van der Waals surface area contributed by atoms with Crippen LogP contribution in [0.15, 0.2) is 0 Å². The summed E-state index contributed by atoms with van der Waals surface area (Å²) in [5.41, 5.74) is 0. The van der Waals surface area contributed by atoms with Crippen LogP contribution in [0.1, 0.15) is 19.3 Å². The zero-order chi connectivity index (χ0) is 13.9. The molecule has 0 aliphatic heterocycles. The van der Waals surface area contributed by atoms with Crippen molar-refractivity contribution in [3.63, 3.8) is 0 Å². The first-order valence-corrected chi connectivity index (χ1v) is 5.87. The Kier molecular flexibility index (Phi) is 24.6. The SMILES string of the molecule is O=C(O)CCC(CC(=O)O)(C(=O)O)P(=O)(O)O.[Na].[Na].[Na].[Na]. The molecule has 9 nitrogen and oxygen atoms in total. The third-order valence-electron chi connectivity index (χ3n) is 2.15. The Morgan fingerprint density at radius 1 is 0.857 bits per heavy atom. The Hall–Kier alpha value is 2.56. The molecule has 0 aromatic carbocycles. The Morgan fingerprint density at radius 3 is 1.43 bits per heavy atom. The van der Waals surface area contributed by atoms with Gasteiger partial charge in [-0.15, -0.1) is 0 Å². The fourth-order valence-electron chi connectivity index (χ4n) is 1.21. The van der Waals surface area contributed by atoms with Gasteiger partial charge >= 0.3 is 25.5 Å².